The number of aromatic nitrogens is 2. The van der Waals surface area contributed by atoms with Crippen molar-refractivity contribution in [1.82, 2.24) is 15.1 Å². The highest BCUT2D eigenvalue weighted by atomic mass is 32.2. The quantitative estimate of drug-likeness (QED) is 0.913. The highest BCUT2D eigenvalue weighted by Crippen LogP contribution is 2.31. The van der Waals surface area contributed by atoms with Gasteiger partial charge in [0.25, 0.3) is 0 Å². The van der Waals surface area contributed by atoms with Crippen LogP contribution in [0.3, 0.4) is 0 Å². The molecule has 3 nitrogen and oxygen atoms in total. The van der Waals surface area contributed by atoms with E-state index in [-0.39, 0.29) is 0 Å². The standard InChI is InChI=1S/C16H21N3S/c1-11-8-13(10-17-14-5-6-14)4-7-15(11)20-16-9-12(2)18-19(16)3/h4,7-9,14,17H,5-6,10H2,1-3H3. The minimum atomic E-state index is 0.766. The average molecular weight is 287 g/mol. The molecule has 1 N–H and O–H groups in total. The van der Waals surface area contributed by atoms with Gasteiger partial charge in [0, 0.05) is 24.5 Å². The van der Waals surface area contributed by atoms with Crippen LogP contribution < -0.4 is 5.32 Å². The molecule has 3 rings (SSSR count). The van der Waals surface area contributed by atoms with Gasteiger partial charge in [-0.25, -0.2) is 0 Å². The Morgan fingerprint density at radius 1 is 1.30 bits per heavy atom. The molecule has 0 spiro atoms. The van der Waals surface area contributed by atoms with Crippen LogP contribution in [0, 0.1) is 13.8 Å². The van der Waals surface area contributed by atoms with Crippen LogP contribution in [0.4, 0.5) is 0 Å². The smallest absolute Gasteiger partial charge is 0.0987 e. The summed E-state index contributed by atoms with van der Waals surface area (Å²) in [5.41, 5.74) is 3.78. The molecule has 2 aromatic rings. The van der Waals surface area contributed by atoms with E-state index in [9.17, 15) is 0 Å². The Balaban J connectivity index is 1.71. The molecule has 20 heavy (non-hydrogen) atoms. The van der Waals surface area contributed by atoms with Crippen molar-refractivity contribution in [2.75, 3.05) is 0 Å². The topological polar surface area (TPSA) is 29.9 Å². The largest absolute Gasteiger partial charge is 0.310 e. The lowest BCUT2D eigenvalue weighted by molar-refractivity contribution is 0.686. The molecule has 1 saturated carbocycles. The SMILES string of the molecule is Cc1cc(Sc2ccc(CNC3CC3)cc2C)n(C)n1. The maximum absolute atomic E-state index is 4.40. The van der Waals surface area contributed by atoms with Crippen molar-refractivity contribution < 1.29 is 0 Å². The van der Waals surface area contributed by atoms with Crippen molar-refractivity contribution in [2.24, 2.45) is 7.05 Å². The Labute approximate surface area is 124 Å². The number of hydrogen-bond acceptors (Lipinski definition) is 3. The van der Waals surface area contributed by atoms with Gasteiger partial charge < -0.3 is 5.32 Å². The zero-order chi connectivity index (χ0) is 14.1. The molecule has 0 radical (unpaired) electrons. The van der Waals surface area contributed by atoms with Crippen LogP contribution in [0.2, 0.25) is 0 Å². The molecule has 1 heterocycles. The third-order valence-corrected chi connectivity index (χ3v) is 4.85. The van der Waals surface area contributed by atoms with E-state index in [1.54, 1.807) is 11.8 Å². The molecule has 0 unspecified atom stereocenters. The average Bonchev–Trinajstić information content (AvgIpc) is 3.17. The Morgan fingerprint density at radius 2 is 2.10 bits per heavy atom. The van der Waals surface area contributed by atoms with E-state index in [1.165, 1.54) is 33.9 Å². The van der Waals surface area contributed by atoms with Crippen molar-refractivity contribution in [2.45, 2.75) is 49.2 Å². The van der Waals surface area contributed by atoms with Gasteiger partial charge in [-0.1, -0.05) is 23.9 Å². The molecule has 106 valence electrons. The zero-order valence-electron chi connectivity index (χ0n) is 12.3. The number of nitrogens with zero attached hydrogens (tertiary/aromatic N) is 2. The molecule has 1 aromatic heterocycles. The fourth-order valence-corrected chi connectivity index (χ4v) is 3.26. The van der Waals surface area contributed by atoms with E-state index < -0.39 is 0 Å². The summed E-state index contributed by atoms with van der Waals surface area (Å²) < 4.78 is 1.95. The highest BCUT2D eigenvalue weighted by molar-refractivity contribution is 7.99. The summed E-state index contributed by atoms with van der Waals surface area (Å²) in [6.45, 7) is 5.21. The highest BCUT2D eigenvalue weighted by Gasteiger charge is 2.19. The molecule has 1 fully saturated rings. The lowest BCUT2D eigenvalue weighted by Crippen LogP contribution is -2.15. The van der Waals surface area contributed by atoms with E-state index in [0.29, 0.717) is 0 Å². The van der Waals surface area contributed by atoms with Gasteiger partial charge in [0.05, 0.1) is 10.7 Å². The van der Waals surface area contributed by atoms with Crippen molar-refractivity contribution in [3.8, 4) is 0 Å². The van der Waals surface area contributed by atoms with Crippen LogP contribution in [0.5, 0.6) is 0 Å². The van der Waals surface area contributed by atoms with E-state index in [0.717, 1.165) is 18.3 Å². The minimum absolute atomic E-state index is 0.766. The first-order valence-corrected chi connectivity index (χ1v) is 7.95. The van der Waals surface area contributed by atoms with Crippen molar-refractivity contribution >= 4 is 11.8 Å². The number of rotatable bonds is 5. The molecule has 1 aliphatic carbocycles. The molecule has 1 aliphatic rings. The lowest BCUT2D eigenvalue weighted by atomic mass is 10.1. The molecule has 0 atom stereocenters. The summed E-state index contributed by atoms with van der Waals surface area (Å²) >= 11 is 1.79. The van der Waals surface area contributed by atoms with Gasteiger partial charge in [0.15, 0.2) is 0 Å². The van der Waals surface area contributed by atoms with E-state index in [1.807, 2.05) is 18.7 Å². The van der Waals surface area contributed by atoms with Gasteiger partial charge in [-0.2, -0.15) is 5.10 Å². The van der Waals surface area contributed by atoms with Crippen molar-refractivity contribution in [1.29, 1.82) is 0 Å². The molecule has 0 aliphatic heterocycles. The monoisotopic (exact) mass is 287 g/mol. The normalized spacial score (nSPS) is 14.8. The predicted molar refractivity (Wildman–Crippen MR) is 83.1 cm³/mol. The van der Waals surface area contributed by atoms with E-state index in [2.05, 4.69) is 41.6 Å². The Hall–Kier alpha value is -1.26. The van der Waals surface area contributed by atoms with Crippen LogP contribution in [0.1, 0.15) is 29.7 Å². The van der Waals surface area contributed by atoms with Gasteiger partial charge in [0.2, 0.25) is 0 Å². The van der Waals surface area contributed by atoms with Gasteiger partial charge >= 0.3 is 0 Å². The van der Waals surface area contributed by atoms with Crippen LogP contribution in [-0.4, -0.2) is 15.8 Å². The minimum Gasteiger partial charge on any atom is -0.310 e. The van der Waals surface area contributed by atoms with Crippen molar-refractivity contribution in [3.05, 3.63) is 41.1 Å². The van der Waals surface area contributed by atoms with Gasteiger partial charge in [-0.05, 0) is 49.9 Å². The molecular formula is C16H21N3S. The Bertz CT molecular complexity index is 614. The second-order valence-electron chi connectivity index (χ2n) is 5.60. The Morgan fingerprint density at radius 3 is 2.70 bits per heavy atom. The van der Waals surface area contributed by atoms with Crippen LogP contribution in [-0.2, 0) is 13.6 Å². The number of nitrogens with one attached hydrogen (secondary N) is 1. The number of aryl methyl sites for hydroxylation is 3. The summed E-state index contributed by atoms with van der Waals surface area (Å²) in [7, 11) is 2.00. The molecular weight excluding hydrogens is 266 g/mol. The molecule has 0 saturated heterocycles. The van der Waals surface area contributed by atoms with E-state index in [4.69, 9.17) is 0 Å². The lowest BCUT2D eigenvalue weighted by Gasteiger charge is -2.09. The molecule has 0 amide bonds. The molecule has 1 aromatic carbocycles. The van der Waals surface area contributed by atoms with Crippen LogP contribution >= 0.6 is 11.8 Å². The molecule has 0 bridgehead atoms. The van der Waals surface area contributed by atoms with Crippen LogP contribution in [0.15, 0.2) is 34.2 Å². The third-order valence-electron chi connectivity index (χ3n) is 3.59. The first-order valence-electron chi connectivity index (χ1n) is 7.13. The fraction of sp³-hybridized carbons (Fsp3) is 0.438. The summed E-state index contributed by atoms with van der Waals surface area (Å²) in [6, 6.07) is 9.65. The maximum atomic E-state index is 4.40. The third kappa shape index (κ3) is 3.25. The first kappa shape index (κ1) is 13.7. The second kappa shape index (κ2) is 5.62. The number of benzene rings is 1. The maximum Gasteiger partial charge on any atom is 0.0987 e. The van der Waals surface area contributed by atoms with Gasteiger partial charge in [-0.3, -0.25) is 4.68 Å². The van der Waals surface area contributed by atoms with Crippen LogP contribution in [0.25, 0.3) is 0 Å². The second-order valence-corrected chi connectivity index (χ2v) is 6.67. The Kier molecular flexibility index (Phi) is 3.85. The summed E-state index contributed by atoms with van der Waals surface area (Å²) in [4.78, 5) is 1.31. The summed E-state index contributed by atoms with van der Waals surface area (Å²) in [5, 5.41) is 9.15. The number of hydrogen-bond donors (Lipinski definition) is 1. The first-order chi connectivity index (χ1) is 9.61. The fourth-order valence-electron chi connectivity index (χ4n) is 2.28. The summed E-state index contributed by atoms with van der Waals surface area (Å²) in [5.74, 6) is 0. The van der Waals surface area contributed by atoms with E-state index >= 15 is 0 Å². The molecule has 4 heteroatoms. The predicted octanol–water partition coefficient (Wildman–Crippen LogP) is 3.44. The zero-order valence-corrected chi connectivity index (χ0v) is 13.1. The van der Waals surface area contributed by atoms with Crippen molar-refractivity contribution in [3.63, 3.8) is 0 Å². The van der Waals surface area contributed by atoms with Gasteiger partial charge in [-0.15, -0.1) is 0 Å². The van der Waals surface area contributed by atoms with Gasteiger partial charge in [0.1, 0.15) is 0 Å². The summed E-state index contributed by atoms with van der Waals surface area (Å²) in [6.07, 6.45) is 2.68.